The molecule has 0 radical (unpaired) electrons. The van der Waals surface area contributed by atoms with Gasteiger partial charge in [-0.1, -0.05) is 69.2 Å². The van der Waals surface area contributed by atoms with E-state index in [2.05, 4.69) is 10.3 Å². The zero-order chi connectivity index (χ0) is 34.5. The van der Waals surface area contributed by atoms with E-state index in [1.165, 1.54) is 12.1 Å². The minimum absolute atomic E-state index is 0.104. The highest BCUT2D eigenvalue weighted by Gasteiger charge is 2.41. The van der Waals surface area contributed by atoms with Crippen LogP contribution in [0.15, 0.2) is 53.5 Å². The van der Waals surface area contributed by atoms with Crippen molar-refractivity contribution in [3.8, 4) is 0 Å². The van der Waals surface area contributed by atoms with Crippen LogP contribution in [-0.2, 0) is 23.9 Å². The summed E-state index contributed by atoms with van der Waals surface area (Å²) >= 11 is 0. The summed E-state index contributed by atoms with van der Waals surface area (Å²) in [6.07, 6.45) is -6.40. The minimum atomic E-state index is -4.49. The fourth-order valence-corrected chi connectivity index (χ4v) is 5.51. The molecular formula is C33H39F4N5O5. The summed E-state index contributed by atoms with van der Waals surface area (Å²) in [7, 11) is 0. The van der Waals surface area contributed by atoms with Gasteiger partial charge < -0.3 is 21.5 Å². The molecule has 2 aliphatic rings. The third-order valence-corrected chi connectivity index (χ3v) is 8.37. The minimum Gasteiger partial charge on any atom is -0.443 e. The summed E-state index contributed by atoms with van der Waals surface area (Å²) in [6.45, 7) is 2.60. The zero-order valence-corrected chi connectivity index (χ0v) is 26.1. The lowest BCUT2D eigenvalue weighted by Gasteiger charge is -2.28. The molecule has 5 N–H and O–H groups in total. The van der Waals surface area contributed by atoms with Crippen molar-refractivity contribution in [1.29, 1.82) is 0 Å². The van der Waals surface area contributed by atoms with Crippen molar-refractivity contribution in [3.63, 3.8) is 0 Å². The van der Waals surface area contributed by atoms with E-state index in [-0.39, 0.29) is 41.6 Å². The average Bonchev–Trinajstić information content (AvgIpc) is 3.85. The number of para-hydroxylation sites is 1. The van der Waals surface area contributed by atoms with E-state index in [4.69, 9.17) is 16.2 Å². The summed E-state index contributed by atoms with van der Waals surface area (Å²) in [5.74, 6) is -7.02. The fourth-order valence-electron chi connectivity index (χ4n) is 5.51. The first kappa shape index (κ1) is 35.5. The third kappa shape index (κ3) is 9.15. The number of primary amides is 1. The Morgan fingerprint density at radius 3 is 2.34 bits per heavy atom. The number of fused-ring (bicyclic) bond motifs is 1. The third-order valence-electron chi connectivity index (χ3n) is 8.37. The molecule has 10 nitrogen and oxygen atoms in total. The Kier molecular flexibility index (Phi) is 11.4. The van der Waals surface area contributed by atoms with Gasteiger partial charge in [-0.25, -0.2) is 9.38 Å². The largest absolute Gasteiger partial charge is 0.443 e. The molecule has 4 atom stereocenters. The number of carbonyl (C=O) groups is 4. The van der Waals surface area contributed by atoms with Gasteiger partial charge in [0.1, 0.15) is 11.9 Å². The van der Waals surface area contributed by atoms with Crippen molar-refractivity contribution >= 4 is 35.1 Å². The molecular weight excluding hydrogens is 622 g/mol. The number of nitrogens with one attached hydrogen (secondary N) is 1. The van der Waals surface area contributed by atoms with Crippen LogP contribution in [-0.4, -0.2) is 54.5 Å². The molecule has 1 aliphatic heterocycles. The highest BCUT2D eigenvalue weighted by atomic mass is 19.4. The Morgan fingerprint density at radius 2 is 1.74 bits per heavy atom. The predicted molar refractivity (Wildman–Crippen MR) is 165 cm³/mol. The van der Waals surface area contributed by atoms with Gasteiger partial charge >= 0.3 is 12.1 Å². The number of aliphatic imine (C=N–C) groups is 1. The van der Waals surface area contributed by atoms with Gasteiger partial charge in [0.2, 0.25) is 18.0 Å². The van der Waals surface area contributed by atoms with Gasteiger partial charge in [-0.15, -0.1) is 0 Å². The normalized spacial score (nSPS) is 18.5. The van der Waals surface area contributed by atoms with E-state index < -0.39 is 79.3 Å². The Hall–Kier alpha value is -4.33. The standard InChI is InChI=1S/C33H39F4N5O5/c1-18(2)25(38)32(46)47-17-42-27-22(10-6-12-24(27)34)26(20-8-4-3-5-9-20)40-29(31(42)45)41-30(44)21(11-7-15-33(35,36)37)23(28(39)43)16-19-13-14-19/h3-6,8-10,12,18-19,21,23,25,29H,7,11,13-17,38H2,1-2H3,(H2,39,43)(H,41,44)/t21-,23+,25+,29-/m1/s1. The number of rotatable bonds is 14. The average molecular weight is 662 g/mol. The van der Waals surface area contributed by atoms with Gasteiger partial charge in [-0.3, -0.25) is 24.1 Å². The number of hydrogen-bond donors (Lipinski definition) is 3. The second-order valence-electron chi connectivity index (χ2n) is 12.3. The van der Waals surface area contributed by atoms with Gasteiger partial charge in [-0.2, -0.15) is 13.2 Å². The van der Waals surface area contributed by atoms with Gasteiger partial charge in [0.05, 0.1) is 11.4 Å². The number of amides is 3. The van der Waals surface area contributed by atoms with E-state index >= 15 is 4.39 Å². The lowest BCUT2D eigenvalue weighted by atomic mass is 9.82. The lowest BCUT2D eigenvalue weighted by Crippen LogP contribution is -2.52. The molecule has 1 aliphatic carbocycles. The SMILES string of the molecule is CC(C)[C@H](N)C(=O)OCN1C(=O)[C@@H](NC(=O)[C@H](CCCC(F)(F)F)[C@H](CC2CC2)C(N)=O)N=C(c2ccccc2)c2cccc(F)c21. The molecule has 1 heterocycles. The summed E-state index contributed by atoms with van der Waals surface area (Å²) in [5, 5.41) is 2.50. The fraction of sp³-hybridized carbons (Fsp3) is 0.485. The van der Waals surface area contributed by atoms with E-state index in [1.54, 1.807) is 44.2 Å². The van der Waals surface area contributed by atoms with Crippen molar-refractivity contribution in [1.82, 2.24) is 5.32 Å². The Morgan fingerprint density at radius 1 is 1.06 bits per heavy atom. The first-order valence-electron chi connectivity index (χ1n) is 15.5. The number of nitrogens with two attached hydrogens (primary N) is 2. The van der Waals surface area contributed by atoms with Crippen LogP contribution < -0.4 is 21.7 Å². The molecule has 3 amide bonds. The number of halogens is 4. The van der Waals surface area contributed by atoms with Gasteiger partial charge in [-0.05, 0) is 37.2 Å². The number of hydrogen-bond acceptors (Lipinski definition) is 7. The van der Waals surface area contributed by atoms with Crippen LogP contribution in [0.1, 0.15) is 63.5 Å². The van der Waals surface area contributed by atoms with E-state index in [1.807, 2.05) is 0 Å². The summed E-state index contributed by atoms with van der Waals surface area (Å²) < 4.78 is 60.1. The number of benzodiazepines with no additional fused rings is 1. The zero-order valence-electron chi connectivity index (χ0n) is 26.1. The number of carbonyl (C=O) groups excluding carboxylic acids is 4. The Bertz CT molecular complexity index is 1500. The molecule has 1 saturated carbocycles. The molecule has 4 rings (SSSR count). The Labute approximate surface area is 269 Å². The van der Waals surface area contributed by atoms with Crippen molar-refractivity contribution in [3.05, 3.63) is 65.5 Å². The number of benzene rings is 2. The lowest BCUT2D eigenvalue weighted by molar-refractivity contribution is -0.147. The number of alkyl halides is 3. The molecule has 254 valence electrons. The molecule has 0 unspecified atom stereocenters. The van der Waals surface area contributed by atoms with Crippen LogP contribution in [0.4, 0.5) is 23.2 Å². The van der Waals surface area contributed by atoms with E-state index in [0.29, 0.717) is 5.56 Å². The van der Waals surface area contributed by atoms with Crippen molar-refractivity contribution in [2.45, 2.75) is 70.8 Å². The smallest absolute Gasteiger partial charge is 0.389 e. The second-order valence-corrected chi connectivity index (χ2v) is 12.3. The summed E-state index contributed by atoms with van der Waals surface area (Å²) in [6, 6.07) is 11.4. The van der Waals surface area contributed by atoms with Gasteiger partial charge in [0.25, 0.3) is 5.91 Å². The number of esters is 1. The number of nitrogens with zero attached hydrogens (tertiary/aromatic N) is 2. The molecule has 0 aromatic heterocycles. The van der Waals surface area contributed by atoms with Crippen molar-refractivity contribution in [2.24, 2.45) is 40.1 Å². The maximum absolute atomic E-state index is 15.6. The maximum atomic E-state index is 15.6. The molecule has 0 saturated heterocycles. The molecule has 2 aromatic carbocycles. The topological polar surface area (TPSA) is 157 Å². The molecule has 1 fully saturated rings. The van der Waals surface area contributed by atoms with Gasteiger partial charge in [0.15, 0.2) is 6.73 Å². The molecule has 2 aromatic rings. The number of anilines is 1. The van der Waals surface area contributed by atoms with E-state index in [0.717, 1.165) is 23.8 Å². The molecule has 0 spiro atoms. The van der Waals surface area contributed by atoms with Crippen LogP contribution in [0.5, 0.6) is 0 Å². The monoisotopic (exact) mass is 661 g/mol. The van der Waals surface area contributed by atoms with Crippen molar-refractivity contribution < 1.29 is 41.5 Å². The molecule has 47 heavy (non-hydrogen) atoms. The van der Waals surface area contributed by atoms with Crippen LogP contribution in [0.2, 0.25) is 0 Å². The quantitative estimate of drug-likeness (QED) is 0.204. The predicted octanol–water partition coefficient (Wildman–Crippen LogP) is 4.19. The second kappa shape index (κ2) is 15.1. The highest BCUT2D eigenvalue weighted by Crippen LogP contribution is 2.39. The maximum Gasteiger partial charge on any atom is 0.389 e. The Balaban J connectivity index is 1.75. The van der Waals surface area contributed by atoms with E-state index in [9.17, 15) is 32.3 Å². The van der Waals surface area contributed by atoms with Crippen LogP contribution in [0.25, 0.3) is 0 Å². The summed E-state index contributed by atoms with van der Waals surface area (Å²) in [4.78, 5) is 58.5. The van der Waals surface area contributed by atoms with Gasteiger partial charge in [0, 0.05) is 29.4 Å². The van der Waals surface area contributed by atoms with Crippen LogP contribution >= 0.6 is 0 Å². The molecule has 0 bridgehead atoms. The first-order chi connectivity index (χ1) is 22.2. The van der Waals surface area contributed by atoms with Crippen LogP contribution in [0.3, 0.4) is 0 Å². The highest BCUT2D eigenvalue weighted by molar-refractivity contribution is 6.20. The summed E-state index contributed by atoms with van der Waals surface area (Å²) in [5.41, 5.74) is 12.0. The van der Waals surface area contributed by atoms with Crippen molar-refractivity contribution in [2.75, 3.05) is 11.6 Å². The number of ether oxygens (including phenoxy) is 1. The first-order valence-corrected chi connectivity index (χ1v) is 15.5. The molecule has 14 heteroatoms. The van der Waals surface area contributed by atoms with Crippen LogP contribution in [0, 0.1) is 29.5 Å².